The third-order valence-corrected chi connectivity index (χ3v) is 3.86. The molecule has 6 heteroatoms. The first-order valence-electron chi connectivity index (χ1n) is 8.33. The number of ether oxygens (including phenoxy) is 2. The van der Waals surface area contributed by atoms with Crippen molar-refractivity contribution in [3.8, 4) is 5.75 Å². The lowest BCUT2D eigenvalue weighted by Crippen LogP contribution is -2.46. The maximum atomic E-state index is 12.3. The van der Waals surface area contributed by atoms with E-state index in [2.05, 4.69) is 6.58 Å². The Bertz CT molecular complexity index is 635. The molecular weight excluding hydrogens is 322 g/mol. The fourth-order valence-electron chi connectivity index (χ4n) is 2.68. The third-order valence-electron chi connectivity index (χ3n) is 3.86. The predicted molar refractivity (Wildman–Crippen MR) is 93.2 cm³/mol. The second-order valence-corrected chi connectivity index (χ2v) is 7.06. The van der Waals surface area contributed by atoms with Crippen LogP contribution < -0.4 is 4.74 Å². The van der Waals surface area contributed by atoms with Crippen molar-refractivity contribution >= 4 is 12.1 Å². The Kier molecular flexibility index (Phi) is 5.85. The lowest BCUT2D eigenvalue weighted by atomic mass is 10.0. The topological polar surface area (TPSA) is 76.1 Å². The van der Waals surface area contributed by atoms with Gasteiger partial charge >= 0.3 is 12.1 Å². The smallest absolute Gasteiger partial charge is 0.410 e. The van der Waals surface area contributed by atoms with Crippen molar-refractivity contribution in [3.63, 3.8) is 0 Å². The molecule has 0 aromatic heterocycles. The molecule has 0 spiro atoms. The Morgan fingerprint density at radius 1 is 1.28 bits per heavy atom. The van der Waals surface area contributed by atoms with Crippen LogP contribution in [0.2, 0.25) is 0 Å². The monoisotopic (exact) mass is 347 g/mol. The highest BCUT2D eigenvalue weighted by Gasteiger charge is 2.39. The first-order chi connectivity index (χ1) is 11.7. The molecule has 1 saturated heterocycles. The molecule has 0 saturated carbocycles. The van der Waals surface area contributed by atoms with E-state index < -0.39 is 29.8 Å². The lowest BCUT2D eigenvalue weighted by Gasteiger charge is -2.31. The summed E-state index contributed by atoms with van der Waals surface area (Å²) in [6.45, 7) is 9.47. The Balaban J connectivity index is 2.02. The number of carbonyl (C=O) groups is 2. The number of aliphatic hydroxyl groups excluding tert-OH is 1. The van der Waals surface area contributed by atoms with E-state index in [1.54, 1.807) is 51.1 Å². The van der Waals surface area contributed by atoms with Gasteiger partial charge in [0.1, 0.15) is 17.5 Å². The Labute approximate surface area is 148 Å². The SMILES string of the molecule is C=C(C(=O)Oc1ccccc1)[C@H](O)C1CCCN1C(=O)OC(C)(C)C. The van der Waals surface area contributed by atoms with Gasteiger partial charge in [-0.15, -0.1) is 0 Å². The van der Waals surface area contributed by atoms with Gasteiger partial charge in [0.2, 0.25) is 0 Å². The molecule has 25 heavy (non-hydrogen) atoms. The number of hydrogen-bond acceptors (Lipinski definition) is 5. The van der Waals surface area contributed by atoms with Crippen molar-refractivity contribution in [1.82, 2.24) is 4.90 Å². The first kappa shape index (κ1) is 19.0. The van der Waals surface area contributed by atoms with Crippen LogP contribution in [0.15, 0.2) is 42.5 Å². The highest BCUT2D eigenvalue weighted by molar-refractivity contribution is 5.90. The van der Waals surface area contributed by atoms with E-state index in [0.29, 0.717) is 18.7 Å². The van der Waals surface area contributed by atoms with Gasteiger partial charge < -0.3 is 19.5 Å². The standard InChI is InChI=1S/C19H25NO5/c1-13(17(22)24-14-9-6-5-7-10-14)16(21)15-11-8-12-20(15)18(23)25-19(2,3)4/h5-7,9-10,15-16,21H,1,8,11-12H2,2-4H3/t15?,16-/m0/s1. The molecule has 2 atom stereocenters. The molecule has 0 radical (unpaired) electrons. The zero-order valence-electron chi connectivity index (χ0n) is 14.9. The van der Waals surface area contributed by atoms with E-state index in [4.69, 9.17) is 9.47 Å². The van der Waals surface area contributed by atoms with Crippen molar-refractivity contribution in [2.24, 2.45) is 0 Å². The summed E-state index contributed by atoms with van der Waals surface area (Å²) in [5, 5.41) is 10.5. The molecule has 1 heterocycles. The fraction of sp³-hybridized carbons (Fsp3) is 0.474. The minimum absolute atomic E-state index is 0.0793. The van der Waals surface area contributed by atoms with Gasteiger partial charge in [0.25, 0.3) is 0 Å². The fourth-order valence-corrected chi connectivity index (χ4v) is 2.68. The highest BCUT2D eigenvalue weighted by atomic mass is 16.6. The number of benzene rings is 1. The number of likely N-dealkylation sites (tertiary alicyclic amines) is 1. The van der Waals surface area contributed by atoms with Gasteiger partial charge in [0, 0.05) is 6.54 Å². The van der Waals surface area contributed by atoms with E-state index >= 15 is 0 Å². The number of carbonyl (C=O) groups excluding carboxylic acids is 2. The van der Waals surface area contributed by atoms with Crippen LogP contribution in [-0.2, 0) is 9.53 Å². The van der Waals surface area contributed by atoms with Crippen molar-refractivity contribution in [2.75, 3.05) is 6.54 Å². The summed E-state index contributed by atoms with van der Waals surface area (Å²) < 4.78 is 10.6. The molecule has 1 aromatic rings. The molecule has 2 rings (SSSR count). The highest BCUT2D eigenvalue weighted by Crippen LogP contribution is 2.26. The van der Waals surface area contributed by atoms with E-state index in [1.807, 2.05) is 0 Å². The summed E-state index contributed by atoms with van der Waals surface area (Å²) in [6, 6.07) is 8.01. The molecule has 1 aliphatic heterocycles. The average molecular weight is 347 g/mol. The molecule has 0 aliphatic carbocycles. The number of hydrogen-bond donors (Lipinski definition) is 1. The van der Waals surface area contributed by atoms with Crippen LogP contribution in [0.25, 0.3) is 0 Å². The number of esters is 1. The molecule has 1 unspecified atom stereocenters. The van der Waals surface area contributed by atoms with E-state index in [9.17, 15) is 14.7 Å². The van der Waals surface area contributed by atoms with E-state index in [-0.39, 0.29) is 5.57 Å². The number of para-hydroxylation sites is 1. The Morgan fingerprint density at radius 3 is 2.52 bits per heavy atom. The van der Waals surface area contributed by atoms with Crippen LogP contribution in [0.5, 0.6) is 5.75 Å². The summed E-state index contributed by atoms with van der Waals surface area (Å²) >= 11 is 0. The molecule has 6 nitrogen and oxygen atoms in total. The van der Waals surface area contributed by atoms with E-state index in [0.717, 1.165) is 6.42 Å². The van der Waals surface area contributed by atoms with Gasteiger partial charge in [-0.25, -0.2) is 9.59 Å². The molecule has 136 valence electrons. The van der Waals surface area contributed by atoms with Crippen LogP contribution in [0, 0.1) is 0 Å². The first-order valence-corrected chi connectivity index (χ1v) is 8.33. The third kappa shape index (κ3) is 5.06. The van der Waals surface area contributed by atoms with Crippen LogP contribution in [0.1, 0.15) is 33.6 Å². The van der Waals surface area contributed by atoms with E-state index in [1.165, 1.54) is 4.90 Å². The van der Waals surface area contributed by atoms with Gasteiger partial charge in [0.15, 0.2) is 0 Å². The summed E-state index contributed by atoms with van der Waals surface area (Å²) in [5.41, 5.74) is -0.706. The number of aliphatic hydroxyl groups is 1. The zero-order valence-corrected chi connectivity index (χ0v) is 14.9. The van der Waals surface area contributed by atoms with Gasteiger partial charge in [-0.1, -0.05) is 24.8 Å². The second-order valence-electron chi connectivity index (χ2n) is 7.06. The number of nitrogens with zero attached hydrogens (tertiary/aromatic N) is 1. The van der Waals surface area contributed by atoms with Gasteiger partial charge in [-0.05, 0) is 45.7 Å². The minimum atomic E-state index is -1.20. The minimum Gasteiger partial charge on any atom is -0.444 e. The summed E-state index contributed by atoms with van der Waals surface area (Å²) in [7, 11) is 0. The molecule has 1 aliphatic rings. The van der Waals surface area contributed by atoms with Gasteiger partial charge in [-0.2, -0.15) is 0 Å². The number of amides is 1. The largest absolute Gasteiger partial charge is 0.444 e. The molecule has 1 N–H and O–H groups in total. The van der Waals surface area contributed by atoms with Crippen LogP contribution in [0.4, 0.5) is 4.79 Å². The number of rotatable bonds is 4. The Morgan fingerprint density at radius 2 is 1.92 bits per heavy atom. The second kappa shape index (κ2) is 7.70. The summed E-state index contributed by atoms with van der Waals surface area (Å²) in [6.07, 6.45) is -0.412. The van der Waals surface area contributed by atoms with Gasteiger partial charge in [-0.3, -0.25) is 0 Å². The maximum absolute atomic E-state index is 12.3. The molecular formula is C19H25NO5. The summed E-state index contributed by atoms with van der Waals surface area (Å²) in [4.78, 5) is 26.0. The van der Waals surface area contributed by atoms with Crippen molar-refractivity contribution < 1.29 is 24.2 Å². The predicted octanol–water partition coefficient (Wildman–Crippen LogP) is 2.91. The zero-order chi connectivity index (χ0) is 18.6. The van der Waals surface area contributed by atoms with Gasteiger partial charge in [0.05, 0.1) is 11.6 Å². The van der Waals surface area contributed by atoms with Crippen molar-refractivity contribution in [3.05, 3.63) is 42.5 Å². The van der Waals surface area contributed by atoms with Crippen molar-refractivity contribution in [1.29, 1.82) is 0 Å². The maximum Gasteiger partial charge on any atom is 0.410 e. The van der Waals surface area contributed by atoms with Crippen LogP contribution >= 0.6 is 0 Å². The van der Waals surface area contributed by atoms with Crippen LogP contribution in [0.3, 0.4) is 0 Å². The molecule has 0 bridgehead atoms. The normalized spacial score (nSPS) is 18.6. The quantitative estimate of drug-likeness (QED) is 0.515. The average Bonchev–Trinajstić information content (AvgIpc) is 3.02. The van der Waals surface area contributed by atoms with Crippen LogP contribution in [-0.4, -0.2) is 46.4 Å². The lowest BCUT2D eigenvalue weighted by molar-refractivity contribution is -0.131. The van der Waals surface area contributed by atoms with Crippen molar-refractivity contribution in [2.45, 2.75) is 51.4 Å². The molecule has 1 fully saturated rings. The molecule has 1 amide bonds. The molecule has 1 aromatic carbocycles. The summed E-state index contributed by atoms with van der Waals surface area (Å²) in [5.74, 6) is -0.342. The Hall–Kier alpha value is -2.34.